The summed E-state index contributed by atoms with van der Waals surface area (Å²) in [6, 6.07) is 3.97. The molecule has 0 saturated carbocycles. The maximum absolute atomic E-state index is 13.9. The highest BCUT2D eigenvalue weighted by Crippen LogP contribution is 2.30. The molecule has 0 aliphatic heterocycles. The van der Waals surface area contributed by atoms with Crippen molar-refractivity contribution in [2.75, 3.05) is 11.1 Å². The lowest BCUT2D eigenvalue weighted by atomic mass is 10.1. The van der Waals surface area contributed by atoms with Crippen molar-refractivity contribution in [3.05, 3.63) is 52.8 Å². The number of carbonyl (C=O) groups is 1. The zero-order valence-corrected chi connectivity index (χ0v) is 10.9. The molecule has 21 heavy (non-hydrogen) atoms. The van der Waals surface area contributed by atoms with Crippen LogP contribution in [-0.2, 0) is 0 Å². The van der Waals surface area contributed by atoms with Gasteiger partial charge in [-0.05, 0) is 24.6 Å². The quantitative estimate of drug-likeness (QED) is 0.758. The minimum Gasteiger partial charge on any atom is -0.478 e. The van der Waals surface area contributed by atoms with Gasteiger partial charge < -0.3 is 16.2 Å². The number of carboxylic acids is 1. The van der Waals surface area contributed by atoms with E-state index in [1.54, 1.807) is 0 Å². The predicted molar refractivity (Wildman–Crippen MR) is 72.1 cm³/mol. The van der Waals surface area contributed by atoms with Gasteiger partial charge in [0.15, 0.2) is 5.82 Å². The maximum Gasteiger partial charge on any atom is 0.338 e. The Balaban J connectivity index is 2.48. The van der Waals surface area contributed by atoms with E-state index in [1.165, 1.54) is 13.0 Å². The molecule has 0 aromatic heterocycles. The van der Waals surface area contributed by atoms with Crippen LogP contribution in [0.1, 0.15) is 15.9 Å². The number of halogens is 3. The third kappa shape index (κ3) is 2.76. The number of aromatic carboxylic acids is 1. The number of nitrogens with two attached hydrogens (primary N) is 1. The number of rotatable bonds is 3. The third-order valence-corrected chi connectivity index (χ3v) is 2.91. The van der Waals surface area contributed by atoms with Crippen molar-refractivity contribution in [2.45, 2.75) is 6.92 Å². The van der Waals surface area contributed by atoms with Crippen LogP contribution in [0, 0.1) is 24.4 Å². The lowest BCUT2D eigenvalue weighted by molar-refractivity contribution is 0.0692. The summed E-state index contributed by atoms with van der Waals surface area (Å²) in [6.45, 7) is 1.44. The second-order valence-corrected chi connectivity index (χ2v) is 4.40. The number of anilines is 3. The molecule has 110 valence electrons. The molecule has 0 saturated heterocycles. The smallest absolute Gasteiger partial charge is 0.338 e. The second kappa shape index (κ2) is 5.35. The van der Waals surface area contributed by atoms with Gasteiger partial charge in [-0.1, -0.05) is 6.07 Å². The molecular formula is C14H11F3N2O2. The largest absolute Gasteiger partial charge is 0.478 e. The number of carboxylic acid groups (broad SMARTS) is 1. The van der Waals surface area contributed by atoms with E-state index in [1.807, 2.05) is 0 Å². The van der Waals surface area contributed by atoms with Crippen LogP contribution in [0.2, 0.25) is 0 Å². The lowest BCUT2D eigenvalue weighted by Crippen LogP contribution is -2.06. The summed E-state index contributed by atoms with van der Waals surface area (Å²) in [5.41, 5.74) is 4.40. The van der Waals surface area contributed by atoms with E-state index in [4.69, 9.17) is 10.8 Å². The molecule has 4 nitrogen and oxygen atoms in total. The van der Waals surface area contributed by atoms with Gasteiger partial charge in [-0.3, -0.25) is 0 Å². The number of hydrogen-bond donors (Lipinski definition) is 3. The Labute approximate surface area is 118 Å². The van der Waals surface area contributed by atoms with Crippen molar-refractivity contribution < 1.29 is 23.1 Å². The van der Waals surface area contributed by atoms with Crippen LogP contribution in [0.25, 0.3) is 0 Å². The van der Waals surface area contributed by atoms with E-state index >= 15 is 0 Å². The fourth-order valence-corrected chi connectivity index (χ4v) is 1.77. The van der Waals surface area contributed by atoms with Crippen molar-refractivity contribution in [2.24, 2.45) is 0 Å². The molecule has 2 rings (SSSR count). The summed E-state index contributed by atoms with van der Waals surface area (Å²) in [5.74, 6) is -4.26. The number of hydrogen-bond acceptors (Lipinski definition) is 3. The monoisotopic (exact) mass is 296 g/mol. The zero-order valence-electron chi connectivity index (χ0n) is 10.9. The Bertz CT molecular complexity index is 733. The Morgan fingerprint density at radius 3 is 2.48 bits per heavy atom. The molecule has 0 radical (unpaired) electrons. The molecule has 4 N–H and O–H groups in total. The van der Waals surface area contributed by atoms with Gasteiger partial charge >= 0.3 is 5.97 Å². The van der Waals surface area contributed by atoms with Gasteiger partial charge in [-0.15, -0.1) is 0 Å². The molecule has 0 aliphatic rings. The molecule has 0 aliphatic carbocycles. The van der Waals surface area contributed by atoms with Gasteiger partial charge in [0.25, 0.3) is 0 Å². The summed E-state index contributed by atoms with van der Waals surface area (Å²) < 4.78 is 41.1. The van der Waals surface area contributed by atoms with Crippen LogP contribution >= 0.6 is 0 Å². The van der Waals surface area contributed by atoms with Gasteiger partial charge in [0.05, 0.1) is 16.9 Å². The topological polar surface area (TPSA) is 75.3 Å². The van der Waals surface area contributed by atoms with Gasteiger partial charge in [0, 0.05) is 6.07 Å². The summed E-state index contributed by atoms with van der Waals surface area (Å²) >= 11 is 0. The first-order valence-corrected chi connectivity index (χ1v) is 5.85. The standard InChI is InChI=1S/C14H11F3N2O2/c1-6-2-3-8(15)13(12(6)17)19-11-5-9(16)7(14(20)21)4-10(11)18/h2-5,19H,18H2,1H3,(H,20,21). The van der Waals surface area contributed by atoms with Gasteiger partial charge in [0.2, 0.25) is 0 Å². The van der Waals surface area contributed by atoms with Crippen LogP contribution in [-0.4, -0.2) is 11.1 Å². The van der Waals surface area contributed by atoms with Crippen molar-refractivity contribution in [3.8, 4) is 0 Å². The highest BCUT2D eigenvalue weighted by Gasteiger charge is 2.17. The molecular weight excluding hydrogens is 285 g/mol. The average Bonchev–Trinajstić information content (AvgIpc) is 2.42. The molecule has 0 unspecified atom stereocenters. The summed E-state index contributed by atoms with van der Waals surface area (Å²) in [4.78, 5) is 10.8. The van der Waals surface area contributed by atoms with E-state index in [-0.39, 0.29) is 16.9 Å². The van der Waals surface area contributed by atoms with Crippen LogP contribution in [0.5, 0.6) is 0 Å². The molecule has 7 heteroatoms. The first kappa shape index (κ1) is 14.7. The number of nitrogen functional groups attached to an aromatic ring is 1. The fourth-order valence-electron chi connectivity index (χ4n) is 1.77. The molecule has 2 aromatic rings. The third-order valence-electron chi connectivity index (χ3n) is 2.91. The SMILES string of the molecule is Cc1ccc(F)c(Nc2cc(F)c(C(=O)O)cc2N)c1F. The first-order valence-electron chi connectivity index (χ1n) is 5.85. The van der Waals surface area contributed by atoms with E-state index in [2.05, 4.69) is 5.32 Å². The van der Waals surface area contributed by atoms with Crippen molar-refractivity contribution >= 4 is 23.0 Å². The molecule has 0 heterocycles. The van der Waals surface area contributed by atoms with Crippen molar-refractivity contribution in [1.29, 1.82) is 0 Å². The number of benzene rings is 2. The van der Waals surface area contributed by atoms with Crippen LogP contribution in [0.4, 0.5) is 30.2 Å². The maximum atomic E-state index is 13.9. The van der Waals surface area contributed by atoms with E-state index in [0.717, 1.165) is 18.2 Å². The van der Waals surface area contributed by atoms with E-state index < -0.39 is 34.7 Å². The molecule has 0 amide bonds. The summed E-state index contributed by atoms with van der Waals surface area (Å²) in [7, 11) is 0. The molecule has 0 fully saturated rings. The lowest BCUT2D eigenvalue weighted by Gasteiger charge is -2.13. The molecule has 0 spiro atoms. The fraction of sp³-hybridized carbons (Fsp3) is 0.0714. The summed E-state index contributed by atoms with van der Waals surface area (Å²) in [6.07, 6.45) is 0. The van der Waals surface area contributed by atoms with E-state index in [9.17, 15) is 18.0 Å². The van der Waals surface area contributed by atoms with Gasteiger partial charge in [-0.2, -0.15) is 0 Å². The summed E-state index contributed by atoms with van der Waals surface area (Å²) in [5, 5.41) is 11.1. The van der Waals surface area contributed by atoms with Crippen molar-refractivity contribution in [1.82, 2.24) is 0 Å². The van der Waals surface area contributed by atoms with Crippen molar-refractivity contribution in [3.63, 3.8) is 0 Å². The molecule has 0 bridgehead atoms. The normalized spacial score (nSPS) is 10.5. The minimum absolute atomic E-state index is 0.124. The predicted octanol–water partition coefficient (Wildman–Crippen LogP) is 3.44. The van der Waals surface area contributed by atoms with Crippen LogP contribution < -0.4 is 11.1 Å². The van der Waals surface area contributed by atoms with Gasteiger partial charge in [-0.25, -0.2) is 18.0 Å². The van der Waals surface area contributed by atoms with Crippen LogP contribution in [0.15, 0.2) is 24.3 Å². The average molecular weight is 296 g/mol. The molecule has 2 aromatic carbocycles. The van der Waals surface area contributed by atoms with Gasteiger partial charge in [0.1, 0.15) is 17.3 Å². The highest BCUT2D eigenvalue weighted by molar-refractivity contribution is 5.91. The number of aryl methyl sites for hydroxylation is 1. The Kier molecular flexibility index (Phi) is 3.75. The zero-order chi connectivity index (χ0) is 15.7. The first-order chi connectivity index (χ1) is 9.81. The highest BCUT2D eigenvalue weighted by atomic mass is 19.1. The Morgan fingerprint density at radius 2 is 1.86 bits per heavy atom. The minimum atomic E-state index is -1.49. The number of nitrogens with one attached hydrogen (secondary N) is 1. The van der Waals surface area contributed by atoms with E-state index in [0.29, 0.717) is 0 Å². The molecule has 0 atom stereocenters. The van der Waals surface area contributed by atoms with Crippen LogP contribution in [0.3, 0.4) is 0 Å². The Morgan fingerprint density at radius 1 is 1.19 bits per heavy atom. The second-order valence-electron chi connectivity index (χ2n) is 4.40. The Hall–Kier alpha value is -2.70.